The summed E-state index contributed by atoms with van der Waals surface area (Å²) < 4.78 is 0. The summed E-state index contributed by atoms with van der Waals surface area (Å²) in [6.45, 7) is 36.2. The molecule has 0 N–H and O–H groups in total. The van der Waals surface area contributed by atoms with E-state index in [2.05, 4.69) is 95.0 Å². The highest BCUT2D eigenvalue weighted by molar-refractivity contribution is 7.11. The second kappa shape index (κ2) is 5.94. The molecule has 0 spiro atoms. The van der Waals surface area contributed by atoms with Gasteiger partial charge in [0.1, 0.15) is 0 Å². The van der Waals surface area contributed by atoms with Gasteiger partial charge in [-0.3, -0.25) is 0 Å². The van der Waals surface area contributed by atoms with Crippen LogP contribution >= 0.6 is 0 Å². The Hall–Kier alpha value is 0.651. The highest BCUT2D eigenvalue weighted by Gasteiger charge is 2.65. The molecule has 0 saturated heterocycles. The SMILES string of the molecule is C[Si](C)C([Si](C)(C)C)[Si](C(C)(C)C)(C(C)(C)C)C(C)(C)C. The Balaban J connectivity index is 6.82. The molecule has 1 atom stereocenters. The summed E-state index contributed by atoms with van der Waals surface area (Å²) in [5, 5.41) is 1.32. The van der Waals surface area contributed by atoms with Crippen LogP contribution in [0.1, 0.15) is 62.3 Å². The van der Waals surface area contributed by atoms with Gasteiger partial charge in [0.05, 0.1) is 8.07 Å². The van der Waals surface area contributed by atoms with E-state index in [0.29, 0.717) is 15.1 Å². The van der Waals surface area contributed by atoms with Gasteiger partial charge in [-0.25, -0.2) is 0 Å². The van der Waals surface area contributed by atoms with Gasteiger partial charge in [0, 0.05) is 16.9 Å². The number of hydrogen-bond donors (Lipinski definition) is 0. The van der Waals surface area contributed by atoms with Gasteiger partial charge in [0.25, 0.3) is 0 Å². The minimum Gasteiger partial charge on any atom is -0.0715 e. The molecule has 0 aromatic carbocycles. The molecule has 0 saturated carbocycles. The Kier molecular flexibility index (Phi) is 6.12. The lowest BCUT2D eigenvalue weighted by Crippen LogP contribution is -2.68. The normalized spacial score (nSPS) is 17.3. The summed E-state index contributed by atoms with van der Waals surface area (Å²) in [5.74, 6) is 0. The fraction of sp³-hybridized carbons (Fsp3) is 1.00. The Morgan fingerprint density at radius 3 is 0.905 bits per heavy atom. The first-order chi connectivity index (χ1) is 8.82. The van der Waals surface area contributed by atoms with Crippen LogP contribution in [-0.4, -0.2) is 24.9 Å². The zero-order chi connectivity index (χ0) is 17.7. The van der Waals surface area contributed by atoms with Gasteiger partial charge in [-0.15, -0.1) is 0 Å². The largest absolute Gasteiger partial charge is 0.0715 e. The van der Waals surface area contributed by atoms with Crippen molar-refractivity contribution in [1.82, 2.24) is 0 Å². The third-order valence-corrected chi connectivity index (χ3v) is 27.5. The summed E-state index contributed by atoms with van der Waals surface area (Å²) >= 11 is 0. The van der Waals surface area contributed by atoms with E-state index in [1.165, 1.54) is 0 Å². The van der Waals surface area contributed by atoms with E-state index in [1.807, 2.05) is 0 Å². The summed E-state index contributed by atoms with van der Waals surface area (Å²) in [4.78, 5) is 1.04. The summed E-state index contributed by atoms with van der Waals surface area (Å²) in [6.07, 6.45) is 0. The lowest BCUT2D eigenvalue weighted by molar-refractivity contribution is 0.529. The van der Waals surface area contributed by atoms with Gasteiger partial charge < -0.3 is 0 Å². The molecule has 0 fully saturated rings. The van der Waals surface area contributed by atoms with Crippen molar-refractivity contribution < 1.29 is 0 Å². The summed E-state index contributed by atoms with van der Waals surface area (Å²) in [7, 11) is -3.14. The van der Waals surface area contributed by atoms with Crippen molar-refractivity contribution in [1.29, 1.82) is 0 Å². The third-order valence-electron chi connectivity index (χ3n) is 5.43. The molecule has 0 heterocycles. The standard InChI is InChI=1S/C18H43Si3/c1-16(2,3)21(17(4,5)6,18(7,8)9)15(19(10)11)20(12,13)14/h15H,1-14H3. The molecule has 21 heavy (non-hydrogen) atoms. The number of rotatable bonds is 3. The van der Waals surface area contributed by atoms with Crippen LogP contribution < -0.4 is 0 Å². The first-order valence-corrected chi connectivity index (χ1v) is 16.8. The van der Waals surface area contributed by atoms with Gasteiger partial charge in [0.15, 0.2) is 0 Å². The van der Waals surface area contributed by atoms with Crippen LogP contribution in [0.15, 0.2) is 0 Å². The smallest absolute Gasteiger partial charge is 0.0674 e. The molecular weight excluding hydrogens is 300 g/mol. The molecule has 0 amide bonds. The van der Waals surface area contributed by atoms with Crippen LogP contribution in [0.2, 0.25) is 52.6 Å². The highest BCUT2D eigenvalue weighted by Crippen LogP contribution is 2.68. The van der Waals surface area contributed by atoms with Gasteiger partial charge in [-0.05, 0) is 15.1 Å². The number of hydrogen-bond acceptors (Lipinski definition) is 0. The molecule has 0 aliphatic rings. The van der Waals surface area contributed by atoms with Crippen molar-refractivity contribution in [3.05, 3.63) is 0 Å². The minimum absolute atomic E-state index is 0.310. The van der Waals surface area contributed by atoms with Crippen LogP contribution in [0.5, 0.6) is 0 Å². The third kappa shape index (κ3) is 3.77. The molecule has 0 rings (SSSR count). The predicted octanol–water partition coefficient (Wildman–Crippen LogP) is 7.38. The molecule has 1 unspecified atom stereocenters. The van der Waals surface area contributed by atoms with Crippen LogP contribution in [0, 0.1) is 0 Å². The average Bonchev–Trinajstić information content (AvgIpc) is 2.03. The first kappa shape index (κ1) is 21.7. The van der Waals surface area contributed by atoms with Gasteiger partial charge in [0.2, 0.25) is 0 Å². The van der Waals surface area contributed by atoms with Crippen molar-refractivity contribution >= 4 is 24.9 Å². The van der Waals surface area contributed by atoms with E-state index in [9.17, 15) is 0 Å². The lowest BCUT2D eigenvalue weighted by atomic mass is 10.2. The van der Waals surface area contributed by atoms with Gasteiger partial charge >= 0.3 is 0 Å². The molecular formula is C18H43Si3. The Bertz CT molecular complexity index is 307. The zero-order valence-electron chi connectivity index (χ0n) is 17.6. The average molecular weight is 344 g/mol. The van der Waals surface area contributed by atoms with E-state index in [-0.39, 0.29) is 8.80 Å². The van der Waals surface area contributed by atoms with E-state index in [4.69, 9.17) is 0 Å². The van der Waals surface area contributed by atoms with Crippen LogP contribution in [0.4, 0.5) is 0 Å². The van der Waals surface area contributed by atoms with E-state index in [1.54, 1.807) is 0 Å². The second-order valence-corrected chi connectivity index (χ2v) is 27.9. The second-order valence-electron chi connectivity index (χ2n) is 11.4. The van der Waals surface area contributed by atoms with Crippen molar-refractivity contribution in [3.63, 3.8) is 0 Å². The fourth-order valence-corrected chi connectivity index (χ4v) is 39.4. The molecule has 1 radical (unpaired) electrons. The van der Waals surface area contributed by atoms with Crippen LogP contribution in [0.3, 0.4) is 0 Å². The van der Waals surface area contributed by atoms with Crippen molar-refractivity contribution in [2.24, 2.45) is 0 Å². The maximum atomic E-state index is 2.64. The van der Waals surface area contributed by atoms with Crippen LogP contribution in [0.25, 0.3) is 0 Å². The molecule has 0 aliphatic carbocycles. The Labute approximate surface area is 140 Å². The van der Waals surface area contributed by atoms with Crippen molar-refractivity contribution in [2.75, 3.05) is 0 Å². The monoisotopic (exact) mass is 343 g/mol. The first-order valence-electron chi connectivity index (χ1n) is 8.62. The summed E-state index contributed by atoms with van der Waals surface area (Å²) in [5.41, 5.74) is 0. The predicted molar refractivity (Wildman–Crippen MR) is 109 cm³/mol. The quantitative estimate of drug-likeness (QED) is 0.469. The van der Waals surface area contributed by atoms with Crippen molar-refractivity contribution in [2.45, 2.75) is 115 Å². The topological polar surface area (TPSA) is 0 Å². The highest BCUT2D eigenvalue weighted by atomic mass is 28.4. The van der Waals surface area contributed by atoms with Gasteiger partial charge in [-0.1, -0.05) is 99.8 Å². The zero-order valence-corrected chi connectivity index (χ0v) is 20.6. The Morgan fingerprint density at radius 2 is 0.857 bits per heavy atom. The molecule has 0 aromatic heterocycles. The maximum absolute atomic E-state index is 2.64. The Morgan fingerprint density at radius 1 is 0.619 bits per heavy atom. The van der Waals surface area contributed by atoms with Crippen LogP contribution in [-0.2, 0) is 0 Å². The molecule has 0 nitrogen and oxygen atoms in total. The maximum Gasteiger partial charge on any atom is 0.0674 e. The van der Waals surface area contributed by atoms with E-state index < -0.39 is 16.1 Å². The molecule has 3 heteroatoms. The fourth-order valence-electron chi connectivity index (χ4n) is 6.62. The van der Waals surface area contributed by atoms with E-state index in [0.717, 1.165) is 4.79 Å². The molecule has 0 aliphatic heterocycles. The molecule has 127 valence electrons. The molecule has 0 aromatic rings. The molecule has 0 bridgehead atoms. The summed E-state index contributed by atoms with van der Waals surface area (Å²) in [6, 6.07) is 0. The van der Waals surface area contributed by atoms with E-state index >= 15 is 0 Å². The lowest BCUT2D eigenvalue weighted by Gasteiger charge is -2.66. The van der Waals surface area contributed by atoms with Gasteiger partial charge in [-0.2, -0.15) is 0 Å². The minimum atomic E-state index is -1.62. The van der Waals surface area contributed by atoms with Crippen molar-refractivity contribution in [3.8, 4) is 0 Å².